The van der Waals surface area contributed by atoms with Gasteiger partial charge < -0.3 is 0 Å². The van der Waals surface area contributed by atoms with E-state index in [1.54, 1.807) is 47.0 Å². The van der Waals surface area contributed by atoms with E-state index in [2.05, 4.69) is 10.2 Å². The van der Waals surface area contributed by atoms with Crippen LogP contribution >= 0.6 is 11.6 Å². The Morgan fingerprint density at radius 1 is 1.03 bits per heavy atom. The van der Waals surface area contributed by atoms with Gasteiger partial charge in [-0.05, 0) is 48.4 Å². The van der Waals surface area contributed by atoms with Gasteiger partial charge in [-0.1, -0.05) is 48.9 Å². The SMILES string of the molecule is CCc1nnc2c(S(=O)(=O)N(Cc3ccccc3C)c3cccc(Cl)c3)cccn12. The number of aromatic nitrogens is 3. The minimum Gasteiger partial charge on any atom is -0.285 e. The third-order valence-electron chi connectivity index (χ3n) is 5.03. The number of hydrogen-bond acceptors (Lipinski definition) is 4. The Morgan fingerprint density at radius 3 is 2.57 bits per heavy atom. The topological polar surface area (TPSA) is 67.6 Å². The summed E-state index contributed by atoms with van der Waals surface area (Å²) in [6.45, 7) is 4.09. The van der Waals surface area contributed by atoms with Crippen LogP contribution < -0.4 is 4.31 Å². The van der Waals surface area contributed by atoms with E-state index in [1.165, 1.54) is 4.31 Å². The summed E-state index contributed by atoms with van der Waals surface area (Å²) in [5.74, 6) is 0.704. The van der Waals surface area contributed by atoms with Crippen LogP contribution in [-0.4, -0.2) is 23.0 Å². The van der Waals surface area contributed by atoms with Crippen molar-refractivity contribution in [2.45, 2.75) is 31.7 Å². The van der Waals surface area contributed by atoms with Crippen molar-refractivity contribution >= 4 is 33.0 Å². The van der Waals surface area contributed by atoms with E-state index in [-0.39, 0.29) is 11.4 Å². The molecular formula is C22H21ClN4O2S. The molecule has 0 aliphatic heterocycles. The average molecular weight is 441 g/mol. The molecule has 2 aromatic heterocycles. The van der Waals surface area contributed by atoms with E-state index in [0.717, 1.165) is 11.1 Å². The predicted molar refractivity (Wildman–Crippen MR) is 118 cm³/mol. The zero-order valence-corrected chi connectivity index (χ0v) is 18.2. The standard InChI is InChI=1S/C22H21ClN4O2S/c1-3-21-24-25-22-20(12-7-13-26(21)22)30(28,29)27(19-11-6-10-18(23)14-19)15-17-9-5-4-8-16(17)2/h4-14H,3,15H2,1-2H3. The van der Waals surface area contributed by atoms with Crippen molar-refractivity contribution < 1.29 is 8.42 Å². The second kappa shape index (κ2) is 8.08. The number of halogens is 1. The number of pyridine rings is 1. The molecule has 0 spiro atoms. The van der Waals surface area contributed by atoms with Crippen LogP contribution in [0.15, 0.2) is 71.8 Å². The molecule has 30 heavy (non-hydrogen) atoms. The fourth-order valence-electron chi connectivity index (χ4n) is 3.39. The Kier molecular flexibility index (Phi) is 5.49. The third kappa shape index (κ3) is 3.66. The zero-order chi connectivity index (χ0) is 21.3. The quantitative estimate of drug-likeness (QED) is 0.437. The van der Waals surface area contributed by atoms with Crippen LogP contribution in [-0.2, 0) is 23.0 Å². The monoisotopic (exact) mass is 440 g/mol. The van der Waals surface area contributed by atoms with Crippen molar-refractivity contribution in [2.75, 3.05) is 4.31 Å². The number of nitrogens with zero attached hydrogens (tertiary/aromatic N) is 4. The molecule has 8 heteroatoms. The third-order valence-corrected chi connectivity index (χ3v) is 7.05. The van der Waals surface area contributed by atoms with Crippen LogP contribution in [0.25, 0.3) is 5.65 Å². The van der Waals surface area contributed by atoms with Crippen molar-refractivity contribution in [2.24, 2.45) is 0 Å². The van der Waals surface area contributed by atoms with E-state index < -0.39 is 10.0 Å². The molecule has 4 rings (SSSR count). The Hall–Kier alpha value is -2.90. The molecule has 0 aliphatic rings. The van der Waals surface area contributed by atoms with Gasteiger partial charge in [0.25, 0.3) is 10.0 Å². The summed E-state index contributed by atoms with van der Waals surface area (Å²) in [6, 6.07) is 17.8. The first kappa shape index (κ1) is 20.4. The van der Waals surface area contributed by atoms with Crippen molar-refractivity contribution in [3.63, 3.8) is 0 Å². The molecule has 0 unspecified atom stereocenters. The van der Waals surface area contributed by atoms with Gasteiger partial charge in [0.1, 0.15) is 10.7 Å². The van der Waals surface area contributed by atoms with Gasteiger partial charge >= 0.3 is 0 Å². The lowest BCUT2D eigenvalue weighted by Crippen LogP contribution is -2.31. The Balaban J connectivity index is 1.90. The van der Waals surface area contributed by atoms with Crippen molar-refractivity contribution in [1.29, 1.82) is 0 Å². The number of aryl methyl sites for hydroxylation is 2. The molecule has 0 N–H and O–H groups in total. The first-order chi connectivity index (χ1) is 14.4. The summed E-state index contributed by atoms with van der Waals surface area (Å²) >= 11 is 6.19. The predicted octanol–water partition coefficient (Wildman–Crippen LogP) is 4.65. The number of fused-ring (bicyclic) bond motifs is 1. The minimum atomic E-state index is -3.96. The molecule has 6 nitrogen and oxygen atoms in total. The second-order valence-electron chi connectivity index (χ2n) is 6.95. The van der Waals surface area contributed by atoms with Crippen LogP contribution in [0.1, 0.15) is 23.9 Å². The van der Waals surface area contributed by atoms with E-state index in [1.807, 2.05) is 38.1 Å². The fraction of sp³-hybridized carbons (Fsp3) is 0.182. The molecule has 2 aromatic carbocycles. The molecule has 0 bridgehead atoms. The largest absolute Gasteiger partial charge is 0.285 e. The van der Waals surface area contributed by atoms with Gasteiger partial charge in [0.2, 0.25) is 0 Å². The summed E-state index contributed by atoms with van der Waals surface area (Å²) in [6.07, 6.45) is 2.42. The van der Waals surface area contributed by atoms with Crippen LogP contribution in [0, 0.1) is 6.92 Å². The van der Waals surface area contributed by atoms with Gasteiger partial charge in [-0.3, -0.25) is 8.71 Å². The Labute approximate surface area is 180 Å². The highest BCUT2D eigenvalue weighted by Crippen LogP contribution is 2.30. The Bertz CT molecular complexity index is 1320. The summed E-state index contributed by atoms with van der Waals surface area (Å²) < 4.78 is 30.8. The van der Waals surface area contributed by atoms with Crippen molar-refractivity contribution in [3.8, 4) is 0 Å². The number of anilines is 1. The molecule has 4 aromatic rings. The lowest BCUT2D eigenvalue weighted by molar-refractivity contribution is 0.590. The maximum atomic E-state index is 13.9. The summed E-state index contributed by atoms with van der Waals surface area (Å²) in [7, 11) is -3.96. The summed E-state index contributed by atoms with van der Waals surface area (Å²) in [5.41, 5.74) is 2.71. The highest BCUT2D eigenvalue weighted by Gasteiger charge is 2.29. The number of benzene rings is 2. The molecule has 0 fully saturated rings. The lowest BCUT2D eigenvalue weighted by Gasteiger charge is -2.25. The van der Waals surface area contributed by atoms with E-state index >= 15 is 0 Å². The maximum Gasteiger partial charge on any atom is 0.268 e. The molecule has 154 valence electrons. The smallest absolute Gasteiger partial charge is 0.268 e. The van der Waals surface area contributed by atoms with Gasteiger partial charge in [0.05, 0.1) is 12.2 Å². The van der Waals surface area contributed by atoms with Gasteiger partial charge in [-0.25, -0.2) is 8.42 Å². The molecular weight excluding hydrogens is 420 g/mol. The molecule has 0 amide bonds. The number of hydrogen-bond donors (Lipinski definition) is 0. The van der Waals surface area contributed by atoms with Crippen molar-refractivity contribution in [1.82, 2.24) is 14.6 Å². The van der Waals surface area contributed by atoms with Gasteiger partial charge in [-0.15, -0.1) is 10.2 Å². The minimum absolute atomic E-state index is 0.103. The van der Waals surface area contributed by atoms with E-state index in [0.29, 0.717) is 28.6 Å². The van der Waals surface area contributed by atoms with Crippen molar-refractivity contribution in [3.05, 3.63) is 88.8 Å². The molecule has 2 heterocycles. The lowest BCUT2D eigenvalue weighted by atomic mass is 10.1. The van der Waals surface area contributed by atoms with E-state index in [4.69, 9.17) is 11.6 Å². The second-order valence-corrected chi connectivity index (χ2v) is 9.22. The highest BCUT2D eigenvalue weighted by molar-refractivity contribution is 7.93. The average Bonchev–Trinajstić information content (AvgIpc) is 3.16. The molecule has 0 saturated carbocycles. The normalized spacial score (nSPS) is 11.7. The highest BCUT2D eigenvalue weighted by atomic mass is 35.5. The van der Waals surface area contributed by atoms with Crippen LogP contribution in [0.2, 0.25) is 5.02 Å². The molecule has 0 radical (unpaired) electrons. The van der Waals surface area contributed by atoms with Gasteiger partial charge in [0, 0.05) is 17.6 Å². The maximum absolute atomic E-state index is 13.9. The molecule has 0 aliphatic carbocycles. The number of rotatable bonds is 6. The number of sulfonamides is 1. The van der Waals surface area contributed by atoms with Gasteiger partial charge in [-0.2, -0.15) is 0 Å². The van der Waals surface area contributed by atoms with Crippen LogP contribution in [0.4, 0.5) is 5.69 Å². The first-order valence-electron chi connectivity index (χ1n) is 9.57. The van der Waals surface area contributed by atoms with Gasteiger partial charge in [0.15, 0.2) is 5.65 Å². The van der Waals surface area contributed by atoms with Crippen LogP contribution in [0.3, 0.4) is 0 Å². The first-order valence-corrected chi connectivity index (χ1v) is 11.4. The zero-order valence-electron chi connectivity index (χ0n) is 16.7. The summed E-state index contributed by atoms with van der Waals surface area (Å²) in [4.78, 5) is 0.103. The molecule has 0 saturated heterocycles. The van der Waals surface area contributed by atoms with E-state index in [9.17, 15) is 8.42 Å². The molecule has 0 atom stereocenters. The van der Waals surface area contributed by atoms with Crippen LogP contribution in [0.5, 0.6) is 0 Å². The summed E-state index contributed by atoms with van der Waals surface area (Å²) in [5, 5.41) is 8.76. The Morgan fingerprint density at radius 2 is 1.83 bits per heavy atom. The fourth-order valence-corrected chi connectivity index (χ4v) is 5.13.